The van der Waals surface area contributed by atoms with Crippen molar-refractivity contribution >= 4 is 20.8 Å². The first-order valence-electron chi connectivity index (χ1n) is 24.3. The minimum atomic E-state index is -2.39. The number of carbonyl (C=O) groups is 2. The second-order valence-electron chi connectivity index (χ2n) is 19.6. The van der Waals surface area contributed by atoms with Gasteiger partial charge >= 0.3 is 6.16 Å². The van der Waals surface area contributed by atoms with Gasteiger partial charge in [-0.25, -0.2) is 4.79 Å². The molecule has 2 heterocycles. The molecule has 4 rings (SSSR count). The van der Waals surface area contributed by atoms with Crippen molar-refractivity contribution in [1.29, 1.82) is 0 Å². The van der Waals surface area contributed by atoms with Crippen molar-refractivity contribution in [3.05, 3.63) is 70.3 Å². The molecule has 2 aliphatic rings. The van der Waals surface area contributed by atoms with Gasteiger partial charge in [0.05, 0.1) is 55.9 Å². The van der Waals surface area contributed by atoms with Gasteiger partial charge in [-0.05, 0) is 109 Å². The van der Waals surface area contributed by atoms with Crippen LogP contribution in [-0.2, 0) is 53.7 Å². The Kier molecular flexibility index (Phi) is 21.1. The first kappa shape index (κ1) is 54.9. The van der Waals surface area contributed by atoms with Crippen molar-refractivity contribution in [2.75, 3.05) is 28.0 Å². The van der Waals surface area contributed by atoms with Crippen molar-refractivity contribution in [1.82, 2.24) is 4.90 Å². The third-order valence-electron chi connectivity index (χ3n) is 14.5. The topological polar surface area (TPSA) is 120 Å². The molecule has 14 atom stereocenters. The summed E-state index contributed by atoms with van der Waals surface area (Å²) in [7, 11) is 2.79. The summed E-state index contributed by atoms with van der Waals surface area (Å²) in [5, 5.41) is 0. The van der Waals surface area contributed by atoms with Crippen LogP contribution < -0.4 is 0 Å². The number of carbonyl (C=O) groups excluding carboxylic acids is 2. The lowest BCUT2D eigenvalue weighted by Gasteiger charge is -2.51. The van der Waals surface area contributed by atoms with Gasteiger partial charge in [0.1, 0.15) is 13.1 Å². The van der Waals surface area contributed by atoms with Gasteiger partial charge in [0.25, 0.3) is 0 Å². The summed E-state index contributed by atoms with van der Waals surface area (Å²) < 4.78 is 59.1. The minimum absolute atomic E-state index is 0.0153. The molecule has 0 spiro atoms. The molecule has 0 N–H and O–H groups in total. The van der Waals surface area contributed by atoms with E-state index in [1.54, 1.807) is 0 Å². The van der Waals surface area contributed by atoms with Crippen LogP contribution in [0.1, 0.15) is 123 Å². The lowest BCUT2D eigenvalue weighted by molar-refractivity contribution is -0.305. The molecule has 368 valence electrons. The Morgan fingerprint density at radius 3 is 2.11 bits per heavy atom. The molecule has 0 aromatic heterocycles. The van der Waals surface area contributed by atoms with Crippen molar-refractivity contribution in [3.63, 3.8) is 0 Å². The van der Waals surface area contributed by atoms with Gasteiger partial charge in [-0.15, -0.1) is 0 Å². The zero-order valence-electron chi connectivity index (χ0n) is 42.7. The smallest absolute Gasteiger partial charge is 0.438 e. The highest BCUT2D eigenvalue weighted by atomic mass is 28.4. The van der Waals surface area contributed by atoms with Gasteiger partial charge in [-0.2, -0.15) is 0 Å². The van der Waals surface area contributed by atoms with Crippen LogP contribution in [0.2, 0.25) is 18.1 Å². The number of likely N-dealkylation sites (N-methyl/N-ethyl adjacent to an activating group) is 1. The van der Waals surface area contributed by atoms with Crippen molar-refractivity contribution < 1.29 is 51.9 Å². The van der Waals surface area contributed by atoms with Gasteiger partial charge in [-0.1, -0.05) is 103 Å². The fraction of sp³-hybridized carbons (Fsp3) is 0.731. The van der Waals surface area contributed by atoms with Gasteiger partial charge < -0.3 is 52.0 Å². The van der Waals surface area contributed by atoms with Crippen LogP contribution in [0.25, 0.3) is 0 Å². The molecule has 65 heavy (non-hydrogen) atoms. The molecule has 2 aliphatic heterocycles. The molecule has 0 aliphatic carbocycles. The van der Waals surface area contributed by atoms with E-state index in [1.807, 2.05) is 63.2 Å². The van der Waals surface area contributed by atoms with Gasteiger partial charge in [0, 0.05) is 23.3 Å². The predicted molar refractivity (Wildman–Crippen MR) is 257 cm³/mol. The summed E-state index contributed by atoms with van der Waals surface area (Å²) in [5.41, 5.74) is 4.55. The number of hydrogen-bond donors (Lipinski definition) is 0. The normalized spacial score (nSPS) is 27.3. The third-order valence-corrected chi connectivity index (χ3v) is 19.2. The van der Waals surface area contributed by atoms with Crippen molar-refractivity contribution in [3.8, 4) is 0 Å². The fourth-order valence-corrected chi connectivity index (χ4v) is 13.9. The predicted octanol–water partition coefficient (Wildman–Crippen LogP) is 10.9. The highest BCUT2D eigenvalue weighted by Gasteiger charge is 2.53. The fourth-order valence-electron chi connectivity index (χ4n) is 10.8. The first-order chi connectivity index (χ1) is 30.8. The summed E-state index contributed by atoms with van der Waals surface area (Å²) in [6.45, 7) is 28.4. The zero-order valence-corrected chi connectivity index (χ0v) is 43.7. The van der Waals surface area contributed by atoms with Crippen LogP contribution in [0.4, 0.5) is 4.79 Å². The average molecular weight is 928 g/mol. The van der Waals surface area contributed by atoms with Gasteiger partial charge in [-0.3, -0.25) is 0 Å². The molecule has 0 amide bonds. The van der Waals surface area contributed by atoms with E-state index >= 15 is 0 Å². The molecular formula is C52H85NO11Si. The minimum Gasteiger partial charge on any atom is -0.438 e. The summed E-state index contributed by atoms with van der Waals surface area (Å²) in [6, 6.07) is 16.9. The summed E-state index contributed by atoms with van der Waals surface area (Å²) in [4.78, 5) is 27.9. The second-order valence-corrected chi connectivity index (χ2v) is 24.3. The Labute approximate surface area is 393 Å². The summed E-state index contributed by atoms with van der Waals surface area (Å²) >= 11 is 0. The van der Waals surface area contributed by atoms with Crippen LogP contribution >= 0.6 is 0 Å². The van der Waals surface area contributed by atoms with E-state index in [9.17, 15) is 9.59 Å². The number of ether oxygens (including phenoxy) is 8. The first-order valence-corrected chi connectivity index (χ1v) is 26.8. The average Bonchev–Trinajstić information content (AvgIpc) is 3.27. The quantitative estimate of drug-likeness (QED) is 0.0328. The Hall–Kier alpha value is -2.72. The highest BCUT2D eigenvalue weighted by Crippen LogP contribution is 2.46. The zero-order chi connectivity index (χ0) is 48.2. The number of benzene rings is 2. The molecular weight excluding hydrogens is 843 g/mol. The highest BCUT2D eigenvalue weighted by molar-refractivity contribution is 6.73. The summed E-state index contributed by atoms with van der Waals surface area (Å²) in [6.07, 6.45) is -2.12. The van der Waals surface area contributed by atoms with Crippen molar-refractivity contribution in [2.45, 2.75) is 195 Å². The number of hydrogen-bond acceptors (Lipinski definition) is 12. The SMILES string of the molecule is CC[C@@H](OCOCc1ccccc1)[C@H](C)[C@@H]1O[C@H](c2c(C)cc(C)cc2C)O[C@@H]([C@H](C)C[C@@](C)(O[Si](CC)(CC)CC)[C@H](O[C@@H]2O[C@H](C)C[C@H](N(C)C)[C@H]2OC(=O)OC)[C@@H](C)C=O)[C@@H]1C. The van der Waals surface area contributed by atoms with E-state index in [4.69, 9.17) is 42.3 Å². The number of methoxy groups -OCH3 is 1. The molecule has 0 saturated carbocycles. The maximum Gasteiger partial charge on any atom is 0.508 e. The molecule has 0 radical (unpaired) electrons. The second kappa shape index (κ2) is 25.0. The molecule has 12 nitrogen and oxygen atoms in total. The van der Waals surface area contributed by atoms with Crippen molar-refractivity contribution in [2.24, 2.45) is 23.7 Å². The molecule has 2 fully saturated rings. The van der Waals surface area contributed by atoms with Gasteiger partial charge in [0.15, 0.2) is 27.0 Å². The molecule has 2 aromatic rings. The largest absolute Gasteiger partial charge is 0.508 e. The van der Waals surface area contributed by atoms with Gasteiger partial charge in [0.2, 0.25) is 0 Å². The van der Waals surface area contributed by atoms with E-state index < -0.39 is 50.8 Å². The van der Waals surface area contributed by atoms with Crippen LogP contribution in [0, 0.1) is 44.4 Å². The van der Waals surface area contributed by atoms with E-state index in [-0.39, 0.29) is 55.0 Å². The Morgan fingerprint density at radius 1 is 0.938 bits per heavy atom. The van der Waals surface area contributed by atoms with E-state index in [1.165, 1.54) is 12.7 Å². The molecule has 2 saturated heterocycles. The van der Waals surface area contributed by atoms with Crippen LogP contribution in [0.15, 0.2) is 42.5 Å². The number of nitrogens with zero attached hydrogens (tertiary/aromatic N) is 1. The Bertz CT molecular complexity index is 1730. The lowest BCUT2D eigenvalue weighted by Crippen LogP contribution is -2.61. The lowest BCUT2D eigenvalue weighted by atomic mass is 9.75. The van der Waals surface area contributed by atoms with Crippen LogP contribution in [-0.4, -0.2) is 108 Å². The maximum atomic E-state index is 13.1. The van der Waals surface area contributed by atoms with Crippen LogP contribution in [0.3, 0.4) is 0 Å². The third kappa shape index (κ3) is 13.9. The van der Waals surface area contributed by atoms with E-state index in [0.29, 0.717) is 19.4 Å². The van der Waals surface area contributed by atoms with E-state index in [2.05, 4.69) is 88.3 Å². The Morgan fingerprint density at radius 2 is 1.55 bits per heavy atom. The Balaban J connectivity index is 1.77. The number of aryl methyl sites for hydroxylation is 3. The molecule has 2 aromatic carbocycles. The molecule has 0 unspecified atom stereocenters. The van der Waals surface area contributed by atoms with E-state index in [0.717, 1.165) is 53.1 Å². The monoisotopic (exact) mass is 928 g/mol. The standard InChI is InChI=1S/C52H85NO11Si/c1-17-43(58-32-57-31-41-24-22-21-23-25-41)39(11)46-40(12)45(60-49(61-46)44-34(6)26-33(5)27-35(44)7)36(8)29-52(13,64-65(18-2,19-3)20-4)48(37(9)30-54)63-50-47(62-51(55)56-16)42(53(14)15)28-38(10)59-50/h21-27,30,36-40,42-43,45-50H,17-20,28-29,31-32H2,1-16H3/t36-,37+,38-,39+,40+,42+,43-,45+,46+,47-,48-,49-,50+,52-/m1/s1. The number of aldehydes is 1. The molecule has 0 bridgehead atoms. The number of rotatable bonds is 24. The summed E-state index contributed by atoms with van der Waals surface area (Å²) in [5.74, 6) is -0.801. The molecule has 13 heteroatoms. The van der Waals surface area contributed by atoms with Crippen LogP contribution in [0.5, 0.6) is 0 Å². The maximum absolute atomic E-state index is 13.1.